The normalized spacial score (nSPS) is 13.4. The van der Waals surface area contributed by atoms with Gasteiger partial charge in [-0.2, -0.15) is 0 Å². The molecule has 1 N–H and O–H groups in total. The maximum atomic E-state index is 12.9. The zero-order chi connectivity index (χ0) is 20.9. The molecule has 0 aliphatic carbocycles. The van der Waals surface area contributed by atoms with Crippen LogP contribution in [0.2, 0.25) is 0 Å². The summed E-state index contributed by atoms with van der Waals surface area (Å²) in [6.07, 6.45) is 0.199. The van der Waals surface area contributed by atoms with Crippen LogP contribution >= 0.6 is 0 Å². The van der Waals surface area contributed by atoms with Crippen molar-refractivity contribution in [2.75, 3.05) is 11.4 Å². The van der Waals surface area contributed by atoms with Crippen LogP contribution in [0.1, 0.15) is 28.4 Å². The average molecular weight is 400 g/mol. The second-order valence-corrected chi connectivity index (χ2v) is 7.32. The van der Waals surface area contributed by atoms with Gasteiger partial charge in [0.1, 0.15) is 5.75 Å². The Balaban J connectivity index is 1.39. The number of nitrogens with zero attached hydrogens (tertiary/aromatic N) is 1. The largest absolute Gasteiger partial charge is 0.481 e. The van der Waals surface area contributed by atoms with Crippen LogP contribution in [0.5, 0.6) is 5.75 Å². The van der Waals surface area contributed by atoms with Crippen molar-refractivity contribution in [3.63, 3.8) is 0 Å². The van der Waals surface area contributed by atoms with Crippen molar-refractivity contribution in [1.82, 2.24) is 5.32 Å². The number of amides is 2. The standard InChI is InChI=1S/C25H24N2O3/c1-18(25(29)27-15-14-20-10-5-6-13-23(20)27)30-22-12-7-11-21(16-22)24(28)26-17-19-8-3-2-4-9-19/h2-13,16,18H,14-15,17H2,1H3,(H,26,28)/t18-/m0/s1. The van der Waals surface area contributed by atoms with Crippen LogP contribution in [-0.2, 0) is 17.8 Å². The van der Waals surface area contributed by atoms with Gasteiger partial charge in [0.25, 0.3) is 11.8 Å². The summed E-state index contributed by atoms with van der Waals surface area (Å²) in [7, 11) is 0. The first-order valence-electron chi connectivity index (χ1n) is 10.1. The topological polar surface area (TPSA) is 58.6 Å². The number of nitrogens with one attached hydrogen (secondary N) is 1. The number of hydrogen-bond acceptors (Lipinski definition) is 3. The highest BCUT2D eigenvalue weighted by molar-refractivity contribution is 5.98. The molecule has 0 saturated heterocycles. The Bertz CT molecular complexity index is 1050. The summed E-state index contributed by atoms with van der Waals surface area (Å²) in [5.74, 6) is 0.228. The summed E-state index contributed by atoms with van der Waals surface area (Å²) < 4.78 is 5.89. The highest BCUT2D eigenvalue weighted by atomic mass is 16.5. The molecule has 152 valence electrons. The van der Waals surface area contributed by atoms with E-state index in [0.717, 1.165) is 17.7 Å². The fraction of sp³-hybridized carbons (Fsp3) is 0.200. The predicted molar refractivity (Wildman–Crippen MR) is 117 cm³/mol. The minimum absolute atomic E-state index is 0.0844. The lowest BCUT2D eigenvalue weighted by Gasteiger charge is -2.22. The molecule has 0 aromatic heterocycles. The number of carbonyl (C=O) groups excluding carboxylic acids is 2. The van der Waals surface area contributed by atoms with E-state index in [9.17, 15) is 9.59 Å². The third-order valence-electron chi connectivity index (χ3n) is 5.21. The number of para-hydroxylation sites is 1. The van der Waals surface area contributed by atoms with Crippen molar-refractivity contribution in [1.29, 1.82) is 0 Å². The lowest BCUT2D eigenvalue weighted by Crippen LogP contribution is -2.39. The van der Waals surface area contributed by atoms with Crippen molar-refractivity contribution >= 4 is 17.5 Å². The van der Waals surface area contributed by atoms with Gasteiger partial charge in [0.05, 0.1) is 0 Å². The van der Waals surface area contributed by atoms with Crippen LogP contribution in [0, 0.1) is 0 Å². The molecule has 1 aliphatic heterocycles. The molecule has 1 heterocycles. The van der Waals surface area contributed by atoms with Gasteiger partial charge in [-0.05, 0) is 48.7 Å². The molecule has 0 radical (unpaired) electrons. The summed E-state index contributed by atoms with van der Waals surface area (Å²) in [5.41, 5.74) is 3.65. The zero-order valence-electron chi connectivity index (χ0n) is 16.9. The van der Waals surface area contributed by atoms with Crippen molar-refractivity contribution in [2.24, 2.45) is 0 Å². The quantitative estimate of drug-likeness (QED) is 0.681. The van der Waals surface area contributed by atoms with E-state index in [1.807, 2.05) is 54.6 Å². The van der Waals surface area contributed by atoms with E-state index in [4.69, 9.17) is 4.74 Å². The van der Waals surface area contributed by atoms with Crippen LogP contribution in [0.4, 0.5) is 5.69 Å². The molecule has 0 spiro atoms. The second-order valence-electron chi connectivity index (χ2n) is 7.32. The van der Waals surface area contributed by atoms with Gasteiger partial charge in [-0.25, -0.2) is 0 Å². The SMILES string of the molecule is C[C@H](Oc1cccc(C(=O)NCc2ccccc2)c1)C(=O)N1CCc2ccccc21. The molecule has 0 fully saturated rings. The summed E-state index contributed by atoms with van der Waals surface area (Å²) in [6.45, 7) is 2.85. The van der Waals surface area contributed by atoms with Crippen LogP contribution in [-0.4, -0.2) is 24.5 Å². The third kappa shape index (κ3) is 4.35. The van der Waals surface area contributed by atoms with Gasteiger partial charge >= 0.3 is 0 Å². The van der Waals surface area contributed by atoms with Gasteiger partial charge in [-0.3, -0.25) is 9.59 Å². The highest BCUT2D eigenvalue weighted by Crippen LogP contribution is 2.28. The van der Waals surface area contributed by atoms with Crippen LogP contribution < -0.4 is 15.0 Å². The molecule has 0 unspecified atom stereocenters. The lowest BCUT2D eigenvalue weighted by molar-refractivity contribution is -0.124. The Labute approximate surface area is 176 Å². The molecule has 2 amide bonds. The fourth-order valence-electron chi connectivity index (χ4n) is 3.63. The second kappa shape index (κ2) is 8.82. The molecule has 5 heteroatoms. The Morgan fingerprint density at radius 3 is 2.60 bits per heavy atom. The molecule has 0 bridgehead atoms. The number of benzene rings is 3. The molecule has 1 aliphatic rings. The highest BCUT2D eigenvalue weighted by Gasteiger charge is 2.28. The molecule has 1 atom stereocenters. The zero-order valence-corrected chi connectivity index (χ0v) is 16.9. The summed E-state index contributed by atoms with van der Waals surface area (Å²) in [5, 5.41) is 2.90. The predicted octanol–water partition coefficient (Wildman–Crippen LogP) is 3.97. The van der Waals surface area contributed by atoms with Gasteiger partial charge in [0, 0.05) is 24.3 Å². The van der Waals surface area contributed by atoms with Gasteiger partial charge in [0.15, 0.2) is 6.10 Å². The lowest BCUT2D eigenvalue weighted by atomic mass is 10.1. The van der Waals surface area contributed by atoms with Gasteiger partial charge < -0.3 is 15.0 Å². The molecule has 3 aromatic rings. The molecular formula is C25H24N2O3. The van der Waals surface area contributed by atoms with E-state index in [0.29, 0.717) is 24.4 Å². The van der Waals surface area contributed by atoms with Gasteiger partial charge in [0.2, 0.25) is 0 Å². The smallest absolute Gasteiger partial charge is 0.267 e. The van der Waals surface area contributed by atoms with Crippen LogP contribution in [0.25, 0.3) is 0 Å². The van der Waals surface area contributed by atoms with Gasteiger partial charge in [-0.15, -0.1) is 0 Å². The molecule has 5 nitrogen and oxygen atoms in total. The molecule has 4 rings (SSSR count). The minimum atomic E-state index is -0.654. The third-order valence-corrected chi connectivity index (χ3v) is 5.21. The van der Waals surface area contributed by atoms with Crippen LogP contribution in [0.15, 0.2) is 78.9 Å². The van der Waals surface area contributed by atoms with E-state index in [1.54, 1.807) is 36.1 Å². The summed E-state index contributed by atoms with van der Waals surface area (Å²) in [4.78, 5) is 27.2. The number of rotatable bonds is 6. The number of hydrogen-bond donors (Lipinski definition) is 1. The maximum Gasteiger partial charge on any atom is 0.267 e. The molecule has 3 aromatic carbocycles. The average Bonchev–Trinajstić information content (AvgIpc) is 3.22. The van der Waals surface area contributed by atoms with Crippen molar-refractivity contribution < 1.29 is 14.3 Å². The summed E-state index contributed by atoms with van der Waals surface area (Å²) >= 11 is 0. The Hall–Kier alpha value is -3.60. The van der Waals surface area contributed by atoms with E-state index in [2.05, 4.69) is 5.32 Å². The molecule has 0 saturated carbocycles. The van der Waals surface area contributed by atoms with Crippen molar-refractivity contribution in [3.8, 4) is 5.75 Å². The number of anilines is 1. The van der Waals surface area contributed by atoms with E-state index < -0.39 is 6.10 Å². The van der Waals surface area contributed by atoms with E-state index in [1.165, 1.54) is 5.56 Å². The van der Waals surface area contributed by atoms with E-state index in [-0.39, 0.29) is 11.8 Å². The van der Waals surface area contributed by atoms with E-state index >= 15 is 0 Å². The van der Waals surface area contributed by atoms with Crippen molar-refractivity contribution in [3.05, 3.63) is 95.6 Å². The van der Waals surface area contributed by atoms with Gasteiger partial charge in [-0.1, -0.05) is 54.6 Å². The summed E-state index contributed by atoms with van der Waals surface area (Å²) in [6, 6.07) is 24.6. The number of ether oxygens (including phenoxy) is 1. The minimum Gasteiger partial charge on any atom is -0.481 e. The first-order valence-corrected chi connectivity index (χ1v) is 10.1. The Morgan fingerprint density at radius 1 is 1.00 bits per heavy atom. The molecule has 30 heavy (non-hydrogen) atoms. The Kier molecular flexibility index (Phi) is 5.80. The number of carbonyl (C=O) groups is 2. The fourth-order valence-corrected chi connectivity index (χ4v) is 3.63. The maximum absolute atomic E-state index is 12.9. The number of fused-ring (bicyclic) bond motifs is 1. The van der Waals surface area contributed by atoms with Crippen molar-refractivity contribution in [2.45, 2.75) is 26.0 Å². The monoisotopic (exact) mass is 400 g/mol. The first-order chi connectivity index (χ1) is 14.6. The Morgan fingerprint density at radius 2 is 1.77 bits per heavy atom. The van der Waals surface area contributed by atoms with Crippen LogP contribution in [0.3, 0.4) is 0 Å². The molecular weight excluding hydrogens is 376 g/mol. The first kappa shape index (κ1) is 19.7.